The van der Waals surface area contributed by atoms with Crippen LogP contribution in [0, 0.1) is 0 Å². The van der Waals surface area contributed by atoms with E-state index in [0.29, 0.717) is 31.8 Å². The zero-order chi connectivity index (χ0) is 25.2. The molecule has 0 saturated carbocycles. The van der Waals surface area contributed by atoms with Gasteiger partial charge in [-0.2, -0.15) is 0 Å². The normalized spacial score (nSPS) is 11.2. The van der Waals surface area contributed by atoms with Gasteiger partial charge in [-0.05, 0) is 54.3 Å². The molecule has 0 spiro atoms. The van der Waals surface area contributed by atoms with Gasteiger partial charge in [-0.15, -0.1) is 0 Å². The van der Waals surface area contributed by atoms with Crippen LogP contribution >= 0.6 is 0 Å². The van der Waals surface area contributed by atoms with Gasteiger partial charge in [0.25, 0.3) is 11.5 Å². The first-order valence-corrected chi connectivity index (χ1v) is 12.1. The molecule has 0 bridgehead atoms. The summed E-state index contributed by atoms with van der Waals surface area (Å²) in [5, 5.41) is 0. The van der Waals surface area contributed by atoms with Crippen molar-refractivity contribution in [2.75, 3.05) is 13.2 Å². The summed E-state index contributed by atoms with van der Waals surface area (Å²) in [7, 11) is 0. The fraction of sp³-hybridized carbons (Fsp3) is 0.161. The molecule has 0 radical (unpaired) electrons. The van der Waals surface area contributed by atoms with E-state index in [0.717, 1.165) is 22.4 Å². The Kier molecular flexibility index (Phi) is 8.49. The number of hydrogen-bond acceptors (Lipinski definition) is 3. The molecule has 0 atom stereocenters. The maximum absolute atomic E-state index is 14.1. The van der Waals surface area contributed by atoms with Gasteiger partial charge in [0, 0.05) is 25.4 Å². The van der Waals surface area contributed by atoms with E-state index in [4.69, 9.17) is 4.74 Å². The molecule has 0 N–H and O–H groups in total. The summed E-state index contributed by atoms with van der Waals surface area (Å²) in [6.45, 7) is 3.46. The van der Waals surface area contributed by atoms with Crippen LogP contribution in [0.1, 0.15) is 23.6 Å². The minimum atomic E-state index is -0.259. The van der Waals surface area contributed by atoms with Crippen LogP contribution in [0.2, 0.25) is 0 Å². The number of aromatic nitrogens is 1. The minimum Gasteiger partial charge on any atom is -0.494 e. The van der Waals surface area contributed by atoms with E-state index < -0.39 is 0 Å². The van der Waals surface area contributed by atoms with Crippen molar-refractivity contribution >= 4 is 17.7 Å². The molecule has 0 aliphatic heterocycles. The van der Waals surface area contributed by atoms with Crippen molar-refractivity contribution < 1.29 is 9.53 Å². The SMILES string of the molecule is CCOc1ccc(C=C(C(=O)N(CCc2ccccc2)Cc2ccccc2)n2ccccc2=O)cc1. The van der Waals surface area contributed by atoms with Gasteiger partial charge in [0.2, 0.25) is 0 Å². The highest BCUT2D eigenvalue weighted by atomic mass is 16.5. The molecule has 3 aromatic carbocycles. The first-order chi connectivity index (χ1) is 17.6. The van der Waals surface area contributed by atoms with Crippen LogP contribution in [0.25, 0.3) is 11.8 Å². The monoisotopic (exact) mass is 478 g/mol. The quantitative estimate of drug-likeness (QED) is 0.282. The fourth-order valence-corrected chi connectivity index (χ4v) is 3.97. The van der Waals surface area contributed by atoms with Crippen molar-refractivity contribution in [3.05, 3.63) is 136 Å². The Hall–Kier alpha value is -4.38. The Labute approximate surface area is 211 Å². The summed E-state index contributed by atoms with van der Waals surface area (Å²) in [5.41, 5.74) is 3.02. The number of rotatable bonds is 10. The Morgan fingerprint density at radius 3 is 2.11 bits per heavy atom. The Balaban J connectivity index is 1.71. The number of carbonyl (C=O) groups excluding carboxylic acids is 1. The zero-order valence-corrected chi connectivity index (χ0v) is 20.4. The summed E-state index contributed by atoms with van der Waals surface area (Å²) in [6, 6.07) is 32.4. The highest BCUT2D eigenvalue weighted by molar-refractivity contribution is 6.18. The molecule has 0 aliphatic carbocycles. The third kappa shape index (κ3) is 6.60. The van der Waals surface area contributed by atoms with Crippen molar-refractivity contribution in [1.29, 1.82) is 0 Å². The molecule has 36 heavy (non-hydrogen) atoms. The molecule has 0 fully saturated rings. The topological polar surface area (TPSA) is 51.5 Å². The number of benzene rings is 3. The minimum absolute atomic E-state index is 0.211. The van der Waals surface area contributed by atoms with E-state index >= 15 is 0 Å². The van der Waals surface area contributed by atoms with Gasteiger partial charge in [0.1, 0.15) is 11.4 Å². The molecule has 182 valence electrons. The molecular formula is C31H30N2O3. The molecular weight excluding hydrogens is 448 g/mol. The smallest absolute Gasteiger partial charge is 0.271 e. The Morgan fingerprint density at radius 2 is 1.47 bits per heavy atom. The molecule has 0 saturated heterocycles. The third-order valence-corrected chi connectivity index (χ3v) is 5.81. The number of ether oxygens (including phenoxy) is 1. The molecule has 1 amide bonds. The van der Waals surface area contributed by atoms with E-state index in [1.54, 1.807) is 24.4 Å². The summed E-state index contributed by atoms with van der Waals surface area (Å²) >= 11 is 0. The predicted molar refractivity (Wildman–Crippen MR) is 144 cm³/mol. The number of amides is 1. The summed E-state index contributed by atoms with van der Waals surface area (Å²) in [5.74, 6) is 0.546. The van der Waals surface area contributed by atoms with Crippen molar-refractivity contribution in [2.45, 2.75) is 19.9 Å². The van der Waals surface area contributed by atoms with E-state index in [1.807, 2.05) is 84.6 Å². The van der Waals surface area contributed by atoms with Crippen LogP contribution in [-0.4, -0.2) is 28.5 Å². The van der Waals surface area contributed by atoms with Crippen LogP contribution in [-0.2, 0) is 17.8 Å². The van der Waals surface area contributed by atoms with Crippen LogP contribution in [0.15, 0.2) is 114 Å². The van der Waals surface area contributed by atoms with Gasteiger partial charge < -0.3 is 9.64 Å². The molecule has 1 heterocycles. The lowest BCUT2D eigenvalue weighted by Gasteiger charge is -2.25. The summed E-state index contributed by atoms with van der Waals surface area (Å²) in [4.78, 5) is 28.7. The second-order valence-corrected chi connectivity index (χ2v) is 8.39. The molecule has 4 aromatic rings. The molecule has 0 unspecified atom stereocenters. The average molecular weight is 479 g/mol. The highest BCUT2D eigenvalue weighted by Gasteiger charge is 2.21. The van der Waals surface area contributed by atoms with Gasteiger partial charge in [0.15, 0.2) is 0 Å². The number of hydrogen-bond donors (Lipinski definition) is 0. The standard InChI is InChI=1S/C31H30N2O3/c1-2-36-28-18-16-26(17-19-28)23-29(33-21-10-9-15-30(33)34)31(35)32(24-27-13-7-4-8-14-27)22-20-25-11-5-3-6-12-25/h3-19,21,23H,2,20,22,24H2,1H3. The maximum atomic E-state index is 14.1. The second kappa shape index (κ2) is 12.4. The summed E-state index contributed by atoms with van der Waals surface area (Å²) < 4.78 is 6.96. The molecule has 5 heteroatoms. The molecule has 4 rings (SSSR count). The number of nitrogens with zero attached hydrogens (tertiary/aromatic N) is 2. The van der Waals surface area contributed by atoms with Crippen LogP contribution in [0.3, 0.4) is 0 Å². The van der Waals surface area contributed by atoms with Gasteiger partial charge in [-0.3, -0.25) is 14.2 Å². The molecule has 0 aliphatic rings. The second-order valence-electron chi connectivity index (χ2n) is 8.39. The summed E-state index contributed by atoms with van der Waals surface area (Å²) in [6.07, 6.45) is 4.11. The van der Waals surface area contributed by atoms with Crippen molar-refractivity contribution in [1.82, 2.24) is 9.47 Å². The van der Waals surface area contributed by atoms with Crippen molar-refractivity contribution in [3.63, 3.8) is 0 Å². The average Bonchev–Trinajstić information content (AvgIpc) is 2.92. The number of carbonyl (C=O) groups is 1. The lowest BCUT2D eigenvalue weighted by molar-refractivity contribution is -0.126. The van der Waals surface area contributed by atoms with Crippen molar-refractivity contribution in [3.8, 4) is 5.75 Å². The van der Waals surface area contributed by atoms with Crippen LogP contribution < -0.4 is 10.3 Å². The number of pyridine rings is 1. The lowest BCUT2D eigenvalue weighted by Crippen LogP contribution is -2.36. The van der Waals surface area contributed by atoms with E-state index in [1.165, 1.54) is 10.6 Å². The first-order valence-electron chi connectivity index (χ1n) is 12.1. The van der Waals surface area contributed by atoms with Crippen molar-refractivity contribution in [2.24, 2.45) is 0 Å². The van der Waals surface area contributed by atoms with Gasteiger partial charge in [-0.1, -0.05) is 78.9 Å². The van der Waals surface area contributed by atoms with Crippen LogP contribution in [0.5, 0.6) is 5.75 Å². The van der Waals surface area contributed by atoms with Gasteiger partial charge >= 0.3 is 0 Å². The zero-order valence-electron chi connectivity index (χ0n) is 20.4. The Bertz CT molecular complexity index is 1340. The third-order valence-electron chi connectivity index (χ3n) is 5.81. The van der Waals surface area contributed by atoms with E-state index in [2.05, 4.69) is 12.1 Å². The van der Waals surface area contributed by atoms with E-state index in [9.17, 15) is 9.59 Å². The lowest BCUT2D eigenvalue weighted by atomic mass is 10.1. The molecule has 1 aromatic heterocycles. The predicted octanol–water partition coefficient (Wildman–Crippen LogP) is 5.52. The first kappa shape index (κ1) is 24.7. The highest BCUT2D eigenvalue weighted by Crippen LogP contribution is 2.19. The van der Waals surface area contributed by atoms with Crippen LogP contribution in [0.4, 0.5) is 0 Å². The Morgan fingerprint density at radius 1 is 0.833 bits per heavy atom. The fourth-order valence-electron chi connectivity index (χ4n) is 3.97. The molecule has 5 nitrogen and oxygen atoms in total. The largest absolute Gasteiger partial charge is 0.494 e. The van der Waals surface area contributed by atoms with Gasteiger partial charge in [0.05, 0.1) is 6.61 Å². The van der Waals surface area contributed by atoms with Gasteiger partial charge in [-0.25, -0.2) is 0 Å². The maximum Gasteiger partial charge on any atom is 0.271 e. The van der Waals surface area contributed by atoms with E-state index in [-0.39, 0.29) is 11.5 Å².